The first-order valence-corrected chi connectivity index (χ1v) is 11.9. The molecule has 25 heavy (non-hydrogen) atoms. The van der Waals surface area contributed by atoms with E-state index in [1.807, 2.05) is 0 Å². The summed E-state index contributed by atoms with van der Waals surface area (Å²) >= 11 is 0. The average molecular weight is 355 g/mol. The van der Waals surface area contributed by atoms with Gasteiger partial charge in [0.25, 0.3) is 0 Å². The van der Waals surface area contributed by atoms with E-state index in [0.717, 1.165) is 0 Å². The number of fused-ring (bicyclic) bond motifs is 2. The number of hydrogen-bond acceptors (Lipinski definition) is 0. The molecule has 2 aliphatic carbocycles. The van der Waals surface area contributed by atoms with Gasteiger partial charge in [-0.25, -0.2) is 0 Å². The molecule has 2 aromatic carbocycles. The summed E-state index contributed by atoms with van der Waals surface area (Å²) in [5, 5.41) is 0. The Morgan fingerprint density at radius 1 is 0.800 bits per heavy atom. The van der Waals surface area contributed by atoms with Gasteiger partial charge in [0.2, 0.25) is 0 Å². The van der Waals surface area contributed by atoms with Crippen molar-refractivity contribution in [3.05, 3.63) is 82.9 Å². The van der Waals surface area contributed by atoms with E-state index in [9.17, 15) is 0 Å². The van der Waals surface area contributed by atoms with E-state index in [2.05, 4.69) is 86.7 Å². The van der Waals surface area contributed by atoms with Crippen LogP contribution in [0, 0.1) is 0 Å². The first kappa shape index (κ1) is 18.9. The maximum Gasteiger partial charge on any atom is 1.00 e. The van der Waals surface area contributed by atoms with Crippen LogP contribution in [0.1, 0.15) is 55.0 Å². The van der Waals surface area contributed by atoms with E-state index in [1.54, 1.807) is 11.1 Å². The molecule has 0 spiro atoms. The number of benzene rings is 2. The normalized spacial score (nSPS) is 22.2. The second-order valence-electron chi connectivity index (χ2n) is 7.27. The molecule has 4 rings (SSSR count). The molecule has 0 N–H and O–H groups in total. The third kappa shape index (κ3) is 3.06. The van der Waals surface area contributed by atoms with Crippen LogP contribution >= 0.6 is 0 Å². The minimum Gasteiger partial charge on any atom is -1.00 e. The Kier molecular flexibility index (Phi) is 5.90. The van der Waals surface area contributed by atoms with E-state index >= 15 is 0 Å². The van der Waals surface area contributed by atoms with E-state index in [4.69, 9.17) is 0 Å². The molecule has 2 aromatic rings. The van der Waals surface area contributed by atoms with Crippen molar-refractivity contribution in [2.75, 3.05) is 0 Å². The molecule has 0 saturated heterocycles. The standard InChI is InChI=1S/C23H26Si.Na.H/c1-3-17-24(4-2,22-15-13-18-9-5-7-11-20(18)22)23-16-14-19-10-6-8-12-21(19)23;;/h5-16,22-23H,3-4,17H2,1-2H3;;/q;+1;-1. The maximum atomic E-state index is 2.53. The summed E-state index contributed by atoms with van der Waals surface area (Å²) in [5.74, 6) is 0. The molecular formula is C23H27NaSi. The van der Waals surface area contributed by atoms with Gasteiger partial charge in [-0.2, -0.15) is 0 Å². The Hall–Kier alpha value is -0.863. The Morgan fingerprint density at radius 3 is 1.72 bits per heavy atom. The largest absolute Gasteiger partial charge is 1.00 e. The SMILES string of the molecule is CCC[Si](CC)(C1C=Cc2ccccc21)C1C=Cc2ccccc21.[H-].[Na+]. The number of allylic oxidation sites excluding steroid dienone is 2. The zero-order valence-electron chi connectivity index (χ0n) is 16.7. The van der Waals surface area contributed by atoms with Crippen molar-refractivity contribution in [1.82, 2.24) is 0 Å². The minimum atomic E-state index is -1.58. The van der Waals surface area contributed by atoms with Gasteiger partial charge in [-0.3, -0.25) is 0 Å². The monoisotopic (exact) mass is 354 g/mol. The third-order valence-electron chi connectivity index (χ3n) is 6.21. The molecule has 124 valence electrons. The van der Waals surface area contributed by atoms with Gasteiger partial charge in [0.1, 0.15) is 0 Å². The molecule has 0 heterocycles. The van der Waals surface area contributed by atoms with Crippen LogP contribution in [0.5, 0.6) is 0 Å². The van der Waals surface area contributed by atoms with Crippen LogP contribution in [0.25, 0.3) is 12.2 Å². The van der Waals surface area contributed by atoms with Gasteiger partial charge in [0, 0.05) is 0 Å². The summed E-state index contributed by atoms with van der Waals surface area (Å²) in [4.78, 5) is 0. The zero-order chi connectivity index (χ0) is 16.6. The second-order valence-corrected chi connectivity index (χ2v) is 12.2. The molecule has 0 aromatic heterocycles. The van der Waals surface area contributed by atoms with Crippen molar-refractivity contribution in [1.29, 1.82) is 0 Å². The molecular weight excluding hydrogens is 327 g/mol. The van der Waals surface area contributed by atoms with Gasteiger partial charge >= 0.3 is 29.6 Å². The van der Waals surface area contributed by atoms with Crippen LogP contribution in [0.4, 0.5) is 0 Å². The minimum absolute atomic E-state index is 0. The maximum absolute atomic E-state index is 2.53. The van der Waals surface area contributed by atoms with Gasteiger partial charge in [0.05, 0.1) is 8.07 Å². The predicted molar refractivity (Wildman–Crippen MR) is 109 cm³/mol. The van der Waals surface area contributed by atoms with Crippen LogP contribution < -0.4 is 29.6 Å². The van der Waals surface area contributed by atoms with E-state index in [1.165, 1.54) is 29.6 Å². The van der Waals surface area contributed by atoms with Gasteiger partial charge in [0.15, 0.2) is 0 Å². The molecule has 0 amide bonds. The molecule has 2 heteroatoms. The molecule has 0 nitrogen and oxygen atoms in total. The quantitative estimate of drug-likeness (QED) is 0.719. The Morgan fingerprint density at radius 2 is 1.28 bits per heavy atom. The van der Waals surface area contributed by atoms with Crippen LogP contribution in [0.15, 0.2) is 60.7 Å². The molecule has 0 aliphatic heterocycles. The van der Waals surface area contributed by atoms with Crippen molar-refractivity contribution in [3.8, 4) is 0 Å². The second kappa shape index (κ2) is 7.80. The van der Waals surface area contributed by atoms with Crippen molar-refractivity contribution < 1.29 is 31.0 Å². The van der Waals surface area contributed by atoms with Gasteiger partial charge < -0.3 is 1.43 Å². The number of hydrogen-bond donors (Lipinski definition) is 0. The summed E-state index contributed by atoms with van der Waals surface area (Å²) < 4.78 is 0. The first-order chi connectivity index (χ1) is 11.8. The molecule has 0 fully saturated rings. The molecule has 0 radical (unpaired) electrons. The fourth-order valence-corrected chi connectivity index (χ4v) is 11.0. The summed E-state index contributed by atoms with van der Waals surface area (Å²) in [6.07, 6.45) is 11.1. The number of rotatable bonds is 5. The van der Waals surface area contributed by atoms with Crippen LogP contribution in [-0.4, -0.2) is 8.07 Å². The van der Waals surface area contributed by atoms with Crippen molar-refractivity contribution in [2.45, 2.75) is 43.4 Å². The van der Waals surface area contributed by atoms with Crippen LogP contribution in [0.3, 0.4) is 0 Å². The van der Waals surface area contributed by atoms with E-state index in [-0.39, 0.29) is 31.0 Å². The topological polar surface area (TPSA) is 0 Å². The van der Waals surface area contributed by atoms with Gasteiger partial charge in [-0.1, -0.05) is 105 Å². The molecule has 2 aliphatic rings. The molecule has 2 atom stereocenters. The summed E-state index contributed by atoms with van der Waals surface area (Å²) in [7, 11) is -1.58. The first-order valence-electron chi connectivity index (χ1n) is 9.34. The van der Waals surface area contributed by atoms with Gasteiger partial charge in [-0.15, -0.1) is 0 Å². The fourth-order valence-electron chi connectivity index (χ4n) is 5.09. The third-order valence-corrected chi connectivity index (χ3v) is 12.4. The van der Waals surface area contributed by atoms with E-state index < -0.39 is 8.07 Å². The Labute approximate surface area is 176 Å². The predicted octanol–water partition coefficient (Wildman–Crippen LogP) is 3.68. The van der Waals surface area contributed by atoms with E-state index in [0.29, 0.717) is 11.1 Å². The smallest absolute Gasteiger partial charge is 1.00 e. The summed E-state index contributed by atoms with van der Waals surface area (Å²) in [5.41, 5.74) is 7.35. The average Bonchev–Trinajstić information content (AvgIpc) is 3.25. The Balaban J connectivity index is 0.00000121. The molecule has 0 saturated carbocycles. The summed E-state index contributed by atoms with van der Waals surface area (Å²) in [6.45, 7) is 4.82. The zero-order valence-corrected chi connectivity index (χ0v) is 18.7. The van der Waals surface area contributed by atoms with Crippen LogP contribution in [-0.2, 0) is 0 Å². The fraction of sp³-hybridized carbons (Fsp3) is 0.304. The molecule has 0 bridgehead atoms. The Bertz CT molecular complexity index is 750. The molecule has 2 unspecified atom stereocenters. The van der Waals surface area contributed by atoms with Gasteiger partial charge in [-0.05, 0) is 33.3 Å². The van der Waals surface area contributed by atoms with Crippen LogP contribution in [0.2, 0.25) is 12.1 Å². The van der Waals surface area contributed by atoms with Crippen molar-refractivity contribution >= 4 is 20.2 Å². The van der Waals surface area contributed by atoms with Crippen molar-refractivity contribution in [3.63, 3.8) is 0 Å². The summed E-state index contributed by atoms with van der Waals surface area (Å²) in [6, 6.07) is 20.8. The van der Waals surface area contributed by atoms with Crippen molar-refractivity contribution in [2.24, 2.45) is 0 Å².